The maximum absolute atomic E-state index is 12.3. The van der Waals surface area contributed by atoms with Crippen LogP contribution in [0.25, 0.3) is 16.7 Å². The second kappa shape index (κ2) is 7.67. The predicted octanol–water partition coefficient (Wildman–Crippen LogP) is 3.18. The minimum absolute atomic E-state index is 0.0114. The number of Topliss-reactive ketones (excluding diaryl/α,β-unsaturated/α-hetero) is 1. The average Bonchev–Trinajstić information content (AvgIpc) is 3.33. The largest absolute Gasteiger partial charge is 0.457 e. The summed E-state index contributed by atoms with van der Waals surface area (Å²) in [4.78, 5) is 33.4. The van der Waals surface area contributed by atoms with Gasteiger partial charge in [-0.15, -0.1) is 5.10 Å². The van der Waals surface area contributed by atoms with Gasteiger partial charge < -0.3 is 9.15 Å². The molecule has 29 heavy (non-hydrogen) atoms. The Hall–Kier alpha value is -3.20. The first-order valence-electron chi connectivity index (χ1n) is 8.90. The standard InChI is InChI=1S/C20H18N4O4S/c1-11-14(12(2)24-19(21-11)22-20(23-24)29-3)9-18(26)27-10-15(25)17-8-13-6-4-5-7-16(13)28-17/h4-8H,9-10H2,1-3H3. The topological polar surface area (TPSA) is 99.6 Å². The summed E-state index contributed by atoms with van der Waals surface area (Å²) in [5.74, 6) is -0.257. The van der Waals surface area contributed by atoms with E-state index in [0.717, 1.165) is 11.1 Å². The van der Waals surface area contributed by atoms with E-state index in [2.05, 4.69) is 15.1 Å². The summed E-state index contributed by atoms with van der Waals surface area (Å²) in [5.41, 5.74) is 2.76. The summed E-state index contributed by atoms with van der Waals surface area (Å²) in [6.07, 6.45) is 1.87. The van der Waals surface area contributed by atoms with Gasteiger partial charge in [-0.2, -0.15) is 4.98 Å². The molecule has 4 rings (SSSR count). The van der Waals surface area contributed by atoms with E-state index in [1.165, 1.54) is 11.8 Å². The van der Waals surface area contributed by atoms with E-state index in [-0.39, 0.29) is 18.8 Å². The number of ketones is 1. The summed E-state index contributed by atoms with van der Waals surface area (Å²) in [5, 5.41) is 5.79. The zero-order valence-corrected chi connectivity index (χ0v) is 16.9. The van der Waals surface area contributed by atoms with E-state index < -0.39 is 11.8 Å². The maximum atomic E-state index is 12.3. The van der Waals surface area contributed by atoms with Crippen LogP contribution in [0.5, 0.6) is 0 Å². The molecule has 0 unspecified atom stereocenters. The number of benzene rings is 1. The predicted molar refractivity (Wildman–Crippen MR) is 107 cm³/mol. The molecule has 0 N–H and O–H groups in total. The molecule has 3 heterocycles. The molecule has 0 aliphatic rings. The molecule has 8 nitrogen and oxygen atoms in total. The number of carbonyl (C=O) groups is 2. The van der Waals surface area contributed by atoms with Crippen LogP contribution in [0.4, 0.5) is 0 Å². The quantitative estimate of drug-likeness (QED) is 0.271. The molecule has 3 aromatic heterocycles. The minimum Gasteiger partial charge on any atom is -0.457 e. The van der Waals surface area contributed by atoms with E-state index >= 15 is 0 Å². The van der Waals surface area contributed by atoms with Crippen molar-refractivity contribution in [3.63, 3.8) is 0 Å². The van der Waals surface area contributed by atoms with Crippen LogP contribution < -0.4 is 0 Å². The Bertz CT molecular complexity index is 1210. The van der Waals surface area contributed by atoms with Gasteiger partial charge in [0, 0.05) is 22.3 Å². The van der Waals surface area contributed by atoms with Gasteiger partial charge in [-0.1, -0.05) is 30.0 Å². The zero-order valence-electron chi connectivity index (χ0n) is 16.1. The van der Waals surface area contributed by atoms with Gasteiger partial charge in [0.25, 0.3) is 5.78 Å². The average molecular weight is 410 g/mol. The fraction of sp³-hybridized carbons (Fsp3) is 0.250. The number of hydrogen-bond acceptors (Lipinski definition) is 8. The van der Waals surface area contributed by atoms with Crippen LogP contribution in [-0.2, 0) is 16.0 Å². The van der Waals surface area contributed by atoms with Crippen LogP contribution in [-0.4, -0.2) is 44.2 Å². The zero-order chi connectivity index (χ0) is 20.5. The number of nitrogens with zero attached hydrogens (tertiary/aromatic N) is 4. The van der Waals surface area contributed by atoms with E-state index in [9.17, 15) is 9.59 Å². The summed E-state index contributed by atoms with van der Waals surface area (Å²) >= 11 is 1.42. The van der Waals surface area contributed by atoms with Gasteiger partial charge in [-0.3, -0.25) is 9.59 Å². The van der Waals surface area contributed by atoms with Gasteiger partial charge in [0.05, 0.1) is 6.42 Å². The molecule has 0 amide bonds. The number of aromatic nitrogens is 4. The fourth-order valence-corrected chi connectivity index (χ4v) is 3.40. The van der Waals surface area contributed by atoms with Gasteiger partial charge in [-0.25, -0.2) is 9.50 Å². The number of aryl methyl sites for hydroxylation is 2. The van der Waals surface area contributed by atoms with Crippen molar-refractivity contribution in [1.82, 2.24) is 19.6 Å². The fourth-order valence-electron chi connectivity index (χ4n) is 3.06. The Morgan fingerprint density at radius 1 is 1.21 bits per heavy atom. The van der Waals surface area contributed by atoms with Crippen LogP contribution in [0.2, 0.25) is 0 Å². The maximum Gasteiger partial charge on any atom is 0.310 e. The monoisotopic (exact) mass is 410 g/mol. The number of thioether (sulfide) groups is 1. The molecule has 0 bridgehead atoms. The molecule has 0 atom stereocenters. The van der Waals surface area contributed by atoms with E-state index in [0.29, 0.717) is 27.8 Å². The molecular formula is C20H18N4O4S. The molecule has 0 aliphatic heterocycles. The highest BCUT2D eigenvalue weighted by molar-refractivity contribution is 7.98. The third-order valence-corrected chi connectivity index (χ3v) is 5.14. The molecular weight excluding hydrogens is 392 g/mol. The Morgan fingerprint density at radius 2 is 2.00 bits per heavy atom. The highest BCUT2D eigenvalue weighted by Crippen LogP contribution is 2.20. The van der Waals surface area contributed by atoms with Crippen molar-refractivity contribution >= 4 is 40.3 Å². The number of para-hydroxylation sites is 1. The van der Waals surface area contributed by atoms with Crippen LogP contribution in [0, 0.1) is 13.8 Å². The first-order valence-corrected chi connectivity index (χ1v) is 10.1. The lowest BCUT2D eigenvalue weighted by molar-refractivity contribution is -0.141. The van der Waals surface area contributed by atoms with E-state index in [1.807, 2.05) is 38.3 Å². The van der Waals surface area contributed by atoms with Gasteiger partial charge in [0.2, 0.25) is 10.9 Å². The first-order chi connectivity index (χ1) is 14.0. The van der Waals surface area contributed by atoms with Gasteiger partial charge in [0.15, 0.2) is 12.4 Å². The number of rotatable bonds is 6. The third-order valence-electron chi connectivity index (χ3n) is 4.60. The van der Waals surface area contributed by atoms with Gasteiger partial charge in [-0.05, 0) is 32.2 Å². The lowest BCUT2D eigenvalue weighted by atomic mass is 10.1. The highest BCUT2D eigenvalue weighted by atomic mass is 32.2. The Balaban J connectivity index is 1.46. The summed E-state index contributed by atoms with van der Waals surface area (Å²) in [6.45, 7) is 3.28. The van der Waals surface area contributed by atoms with Crippen LogP contribution in [0.15, 0.2) is 39.9 Å². The molecule has 0 aliphatic carbocycles. The molecule has 0 saturated heterocycles. The smallest absolute Gasteiger partial charge is 0.310 e. The Kier molecular flexibility index (Phi) is 5.06. The lowest BCUT2D eigenvalue weighted by Crippen LogP contribution is -2.17. The third kappa shape index (κ3) is 3.73. The number of carbonyl (C=O) groups excluding carboxylic acids is 2. The number of fused-ring (bicyclic) bond motifs is 2. The Labute approximate surface area is 170 Å². The second-order valence-corrected chi connectivity index (χ2v) is 7.25. The van der Waals surface area contributed by atoms with Gasteiger partial charge >= 0.3 is 5.97 Å². The molecule has 0 spiro atoms. The highest BCUT2D eigenvalue weighted by Gasteiger charge is 2.19. The van der Waals surface area contributed by atoms with E-state index in [4.69, 9.17) is 9.15 Å². The van der Waals surface area contributed by atoms with Crippen molar-refractivity contribution < 1.29 is 18.7 Å². The van der Waals surface area contributed by atoms with Crippen molar-refractivity contribution in [2.24, 2.45) is 0 Å². The van der Waals surface area contributed by atoms with Crippen molar-refractivity contribution in [2.45, 2.75) is 25.4 Å². The van der Waals surface area contributed by atoms with Crippen LogP contribution in [0.3, 0.4) is 0 Å². The van der Waals surface area contributed by atoms with Crippen molar-refractivity contribution in [1.29, 1.82) is 0 Å². The summed E-state index contributed by atoms with van der Waals surface area (Å²) in [6, 6.07) is 8.96. The van der Waals surface area contributed by atoms with Crippen molar-refractivity contribution in [3.8, 4) is 0 Å². The molecule has 0 fully saturated rings. The van der Waals surface area contributed by atoms with E-state index in [1.54, 1.807) is 16.6 Å². The van der Waals surface area contributed by atoms with Crippen molar-refractivity contribution in [2.75, 3.05) is 12.9 Å². The Morgan fingerprint density at radius 3 is 2.76 bits per heavy atom. The molecule has 0 saturated carbocycles. The van der Waals surface area contributed by atoms with Crippen LogP contribution >= 0.6 is 11.8 Å². The summed E-state index contributed by atoms with van der Waals surface area (Å²) < 4.78 is 12.3. The van der Waals surface area contributed by atoms with Crippen LogP contribution in [0.1, 0.15) is 27.5 Å². The SMILES string of the molecule is CSc1nc2nc(C)c(CC(=O)OCC(=O)c3cc4ccccc4o3)c(C)n2n1. The normalized spacial score (nSPS) is 11.3. The number of furan rings is 1. The summed E-state index contributed by atoms with van der Waals surface area (Å²) in [7, 11) is 0. The van der Waals surface area contributed by atoms with Crippen molar-refractivity contribution in [3.05, 3.63) is 53.0 Å². The molecule has 9 heteroatoms. The second-order valence-electron chi connectivity index (χ2n) is 6.48. The molecule has 0 radical (unpaired) electrons. The molecule has 148 valence electrons. The minimum atomic E-state index is -0.521. The van der Waals surface area contributed by atoms with Gasteiger partial charge in [0.1, 0.15) is 5.58 Å². The number of hydrogen-bond donors (Lipinski definition) is 0. The molecule has 4 aromatic rings. The number of esters is 1. The number of ether oxygens (including phenoxy) is 1. The molecule has 1 aromatic carbocycles. The lowest BCUT2D eigenvalue weighted by Gasteiger charge is -2.10. The first kappa shape index (κ1) is 19.1.